The van der Waals surface area contributed by atoms with Crippen molar-refractivity contribution in [3.05, 3.63) is 30.1 Å². The Kier molecular flexibility index (Phi) is 6.31. The Bertz CT molecular complexity index is 423. The maximum Gasteiger partial charge on any atom is 0.321 e. The van der Waals surface area contributed by atoms with Gasteiger partial charge in [0.05, 0.1) is 13.2 Å². The molecule has 104 valence electrons. The lowest BCUT2D eigenvalue weighted by Crippen LogP contribution is -2.42. The van der Waals surface area contributed by atoms with Crippen LogP contribution in [0, 0.1) is 5.82 Å². The number of halogens is 1. The molecule has 6 nitrogen and oxygen atoms in total. The number of carbonyl (C=O) groups excluding carboxylic acids is 2. The summed E-state index contributed by atoms with van der Waals surface area (Å²) in [5, 5.41) is 7.35. The van der Waals surface area contributed by atoms with E-state index >= 15 is 0 Å². The Hall–Kier alpha value is -2.15. The maximum absolute atomic E-state index is 12.6. The fraction of sp³-hybridized carbons (Fsp3) is 0.333. The van der Waals surface area contributed by atoms with E-state index in [9.17, 15) is 14.0 Å². The number of carbonyl (C=O) groups is 2. The molecule has 0 heterocycles. The van der Waals surface area contributed by atoms with Gasteiger partial charge in [-0.2, -0.15) is 0 Å². The first-order valence-corrected chi connectivity index (χ1v) is 5.68. The quantitative estimate of drug-likeness (QED) is 0.664. The number of benzene rings is 1. The number of hydrogen-bond donors (Lipinski definition) is 3. The molecule has 0 aliphatic heterocycles. The molecule has 0 saturated heterocycles. The molecular weight excluding hydrogens is 253 g/mol. The Morgan fingerprint density at radius 1 is 1.26 bits per heavy atom. The van der Waals surface area contributed by atoms with Crippen LogP contribution >= 0.6 is 0 Å². The van der Waals surface area contributed by atoms with Gasteiger partial charge in [0, 0.05) is 19.3 Å². The van der Waals surface area contributed by atoms with Crippen LogP contribution in [0.5, 0.6) is 0 Å². The number of amides is 3. The van der Waals surface area contributed by atoms with E-state index in [-0.39, 0.29) is 12.4 Å². The normalized spacial score (nSPS) is 9.79. The van der Waals surface area contributed by atoms with Gasteiger partial charge >= 0.3 is 6.03 Å². The van der Waals surface area contributed by atoms with E-state index in [0.29, 0.717) is 18.8 Å². The molecule has 0 spiro atoms. The second-order valence-corrected chi connectivity index (χ2v) is 3.66. The molecule has 0 aromatic heterocycles. The predicted molar refractivity (Wildman–Crippen MR) is 68.3 cm³/mol. The summed E-state index contributed by atoms with van der Waals surface area (Å²) in [5.41, 5.74) is 0.594. The van der Waals surface area contributed by atoms with Crippen LogP contribution in [0.2, 0.25) is 0 Å². The summed E-state index contributed by atoms with van der Waals surface area (Å²) in [6.07, 6.45) is 0. The highest BCUT2D eigenvalue weighted by molar-refractivity contribution is 5.96. The Labute approximate surface area is 110 Å². The first-order valence-electron chi connectivity index (χ1n) is 5.68. The summed E-state index contributed by atoms with van der Waals surface area (Å²) < 4.78 is 17.4. The van der Waals surface area contributed by atoms with E-state index < -0.39 is 11.9 Å². The molecule has 1 aromatic rings. The Morgan fingerprint density at radius 3 is 2.58 bits per heavy atom. The summed E-state index contributed by atoms with van der Waals surface area (Å²) in [6, 6.07) is 4.97. The van der Waals surface area contributed by atoms with Gasteiger partial charge < -0.3 is 15.4 Å². The van der Waals surface area contributed by atoms with Gasteiger partial charge in [-0.05, 0) is 24.3 Å². The standard InChI is InChI=1S/C12H16FN3O3/c1-19-7-6-14-12(18)16-11(17)8-15-10-4-2-9(13)3-5-10/h2-5,15H,6-8H2,1H3,(H2,14,16,17,18). The van der Waals surface area contributed by atoms with Crippen LogP contribution in [0.4, 0.5) is 14.9 Å². The SMILES string of the molecule is COCCNC(=O)NC(=O)CNc1ccc(F)cc1. The second kappa shape index (κ2) is 8.04. The monoisotopic (exact) mass is 269 g/mol. The predicted octanol–water partition coefficient (Wildman–Crippen LogP) is 0.710. The third-order valence-electron chi connectivity index (χ3n) is 2.14. The van der Waals surface area contributed by atoms with Crippen LogP contribution in [-0.4, -0.2) is 38.7 Å². The number of nitrogens with one attached hydrogen (secondary N) is 3. The van der Waals surface area contributed by atoms with Crippen molar-refractivity contribution in [2.45, 2.75) is 0 Å². The minimum Gasteiger partial charge on any atom is -0.383 e. The van der Waals surface area contributed by atoms with Crippen LogP contribution in [0.25, 0.3) is 0 Å². The fourth-order valence-corrected chi connectivity index (χ4v) is 1.23. The molecule has 3 amide bonds. The van der Waals surface area contributed by atoms with E-state index in [1.807, 2.05) is 0 Å². The van der Waals surface area contributed by atoms with Gasteiger partial charge in [0.25, 0.3) is 0 Å². The summed E-state index contributed by atoms with van der Waals surface area (Å²) in [7, 11) is 1.51. The smallest absolute Gasteiger partial charge is 0.321 e. The minimum absolute atomic E-state index is 0.0800. The average Bonchev–Trinajstić information content (AvgIpc) is 2.38. The number of urea groups is 1. The molecule has 0 atom stereocenters. The van der Waals surface area contributed by atoms with Crippen molar-refractivity contribution in [3.63, 3.8) is 0 Å². The van der Waals surface area contributed by atoms with Crippen LogP contribution in [0.15, 0.2) is 24.3 Å². The minimum atomic E-state index is -0.581. The Morgan fingerprint density at radius 2 is 1.95 bits per heavy atom. The van der Waals surface area contributed by atoms with Crippen LogP contribution in [0.3, 0.4) is 0 Å². The summed E-state index contributed by atoms with van der Waals surface area (Å²) in [4.78, 5) is 22.6. The number of imide groups is 1. The average molecular weight is 269 g/mol. The largest absolute Gasteiger partial charge is 0.383 e. The molecule has 0 unspecified atom stereocenters. The molecule has 19 heavy (non-hydrogen) atoms. The molecule has 1 aromatic carbocycles. The molecule has 0 radical (unpaired) electrons. The lowest BCUT2D eigenvalue weighted by Gasteiger charge is -2.08. The zero-order chi connectivity index (χ0) is 14.1. The van der Waals surface area contributed by atoms with Crippen LogP contribution in [-0.2, 0) is 9.53 Å². The zero-order valence-corrected chi connectivity index (χ0v) is 10.5. The van der Waals surface area contributed by atoms with Crippen LogP contribution in [0.1, 0.15) is 0 Å². The molecule has 0 saturated carbocycles. The molecule has 0 fully saturated rings. The van der Waals surface area contributed by atoms with Gasteiger partial charge in [0.15, 0.2) is 0 Å². The highest BCUT2D eigenvalue weighted by Crippen LogP contribution is 2.07. The first kappa shape index (κ1) is 14.9. The number of hydrogen-bond acceptors (Lipinski definition) is 4. The van der Waals surface area contributed by atoms with Gasteiger partial charge in [0.2, 0.25) is 5.91 Å². The van der Waals surface area contributed by atoms with Crippen molar-refractivity contribution in [3.8, 4) is 0 Å². The lowest BCUT2D eigenvalue weighted by atomic mass is 10.3. The van der Waals surface area contributed by atoms with Crippen LogP contribution < -0.4 is 16.0 Å². The van der Waals surface area contributed by atoms with Crippen molar-refractivity contribution in [2.75, 3.05) is 32.1 Å². The molecular formula is C12H16FN3O3. The van der Waals surface area contributed by atoms with Crippen molar-refractivity contribution >= 4 is 17.6 Å². The molecule has 0 aliphatic rings. The van der Waals surface area contributed by atoms with Gasteiger partial charge in [-0.3, -0.25) is 10.1 Å². The van der Waals surface area contributed by atoms with E-state index in [4.69, 9.17) is 4.74 Å². The molecule has 0 bridgehead atoms. The zero-order valence-electron chi connectivity index (χ0n) is 10.5. The molecule has 0 aliphatic carbocycles. The van der Waals surface area contributed by atoms with Crippen molar-refractivity contribution in [1.82, 2.24) is 10.6 Å². The summed E-state index contributed by atoms with van der Waals surface area (Å²) in [6.45, 7) is 0.611. The highest BCUT2D eigenvalue weighted by Gasteiger charge is 2.06. The van der Waals surface area contributed by atoms with Crippen molar-refractivity contribution in [1.29, 1.82) is 0 Å². The molecule has 7 heteroatoms. The summed E-state index contributed by atoms with van der Waals surface area (Å²) >= 11 is 0. The third-order valence-corrected chi connectivity index (χ3v) is 2.14. The first-order chi connectivity index (χ1) is 9.11. The summed E-state index contributed by atoms with van der Waals surface area (Å²) in [5.74, 6) is -0.841. The van der Waals surface area contributed by atoms with Crippen molar-refractivity contribution in [2.24, 2.45) is 0 Å². The van der Waals surface area contributed by atoms with Crippen molar-refractivity contribution < 1.29 is 18.7 Å². The second-order valence-electron chi connectivity index (χ2n) is 3.66. The van der Waals surface area contributed by atoms with E-state index in [2.05, 4.69) is 16.0 Å². The fourth-order valence-electron chi connectivity index (χ4n) is 1.23. The molecule has 1 rings (SSSR count). The number of anilines is 1. The lowest BCUT2D eigenvalue weighted by molar-refractivity contribution is -0.118. The number of rotatable bonds is 6. The third kappa shape index (κ3) is 6.37. The highest BCUT2D eigenvalue weighted by atomic mass is 19.1. The van der Waals surface area contributed by atoms with Gasteiger partial charge in [-0.15, -0.1) is 0 Å². The number of methoxy groups -OCH3 is 1. The topological polar surface area (TPSA) is 79.5 Å². The van der Waals surface area contributed by atoms with E-state index in [1.165, 1.54) is 31.4 Å². The maximum atomic E-state index is 12.6. The van der Waals surface area contributed by atoms with E-state index in [1.54, 1.807) is 0 Å². The van der Waals surface area contributed by atoms with Gasteiger partial charge in [0.1, 0.15) is 5.82 Å². The number of ether oxygens (including phenoxy) is 1. The van der Waals surface area contributed by atoms with E-state index in [0.717, 1.165) is 0 Å². The Balaban J connectivity index is 2.24. The van der Waals surface area contributed by atoms with Gasteiger partial charge in [-0.25, -0.2) is 9.18 Å². The molecule has 3 N–H and O–H groups in total. The van der Waals surface area contributed by atoms with Gasteiger partial charge in [-0.1, -0.05) is 0 Å².